The highest BCUT2D eigenvalue weighted by atomic mass is 35.5. The van der Waals surface area contributed by atoms with Crippen LogP contribution in [0.4, 0.5) is 5.00 Å². The van der Waals surface area contributed by atoms with Crippen LogP contribution < -0.4 is 5.32 Å². The molecular formula is C21H19ClN2O3S. The Hall–Kier alpha value is -2.70. The molecule has 7 heteroatoms. The first-order chi connectivity index (χ1) is 13.5. The number of aryl methyl sites for hydroxylation is 1. The Balaban J connectivity index is 1.96. The molecule has 28 heavy (non-hydrogen) atoms. The summed E-state index contributed by atoms with van der Waals surface area (Å²) in [5.41, 5.74) is 3.40. The van der Waals surface area contributed by atoms with Crippen molar-refractivity contribution in [2.45, 2.75) is 19.8 Å². The molecule has 0 fully saturated rings. The van der Waals surface area contributed by atoms with Crippen LogP contribution >= 0.6 is 22.9 Å². The van der Waals surface area contributed by atoms with E-state index in [-0.39, 0.29) is 10.7 Å². The Morgan fingerprint density at radius 1 is 1.21 bits per heavy atom. The number of carbonyl (C=O) groups is 2. The van der Waals surface area contributed by atoms with Crippen LogP contribution in [0, 0.1) is 0 Å². The second kappa shape index (κ2) is 8.99. The number of ether oxygens (including phenoxy) is 1. The van der Waals surface area contributed by atoms with Crippen molar-refractivity contribution >= 4 is 39.8 Å². The maximum atomic E-state index is 12.6. The summed E-state index contributed by atoms with van der Waals surface area (Å²) >= 11 is 7.26. The van der Waals surface area contributed by atoms with Crippen LogP contribution in [0.3, 0.4) is 0 Å². The van der Waals surface area contributed by atoms with Gasteiger partial charge in [0.05, 0.1) is 12.7 Å². The number of nitrogens with zero attached hydrogens (tertiary/aromatic N) is 1. The molecule has 3 rings (SSSR count). The van der Waals surface area contributed by atoms with Crippen LogP contribution in [0.1, 0.15) is 39.6 Å². The van der Waals surface area contributed by atoms with E-state index in [9.17, 15) is 9.59 Å². The smallest absolute Gasteiger partial charge is 0.341 e. The number of methoxy groups -OCH3 is 1. The fourth-order valence-electron chi connectivity index (χ4n) is 2.83. The van der Waals surface area contributed by atoms with Crippen molar-refractivity contribution in [1.82, 2.24) is 4.98 Å². The average Bonchev–Trinajstić information content (AvgIpc) is 3.12. The van der Waals surface area contributed by atoms with Gasteiger partial charge in [0, 0.05) is 17.1 Å². The van der Waals surface area contributed by atoms with Crippen molar-refractivity contribution in [3.8, 4) is 11.1 Å². The van der Waals surface area contributed by atoms with Gasteiger partial charge in [-0.05, 0) is 29.7 Å². The zero-order valence-electron chi connectivity index (χ0n) is 15.5. The monoisotopic (exact) mass is 414 g/mol. The van der Waals surface area contributed by atoms with Crippen LogP contribution in [-0.4, -0.2) is 24.0 Å². The molecule has 0 aliphatic carbocycles. The fourth-order valence-corrected chi connectivity index (χ4v) is 3.99. The van der Waals surface area contributed by atoms with Gasteiger partial charge in [-0.15, -0.1) is 11.3 Å². The SMILES string of the molecule is CCCc1ccc(-c2csc(NC(=O)c3cccnc3Cl)c2C(=O)OC)cc1. The Kier molecular flexibility index (Phi) is 6.44. The number of thiophene rings is 1. The van der Waals surface area contributed by atoms with Crippen LogP contribution in [-0.2, 0) is 11.2 Å². The molecule has 2 aromatic heterocycles. The molecule has 0 saturated carbocycles. The van der Waals surface area contributed by atoms with Crippen LogP contribution in [0.15, 0.2) is 48.0 Å². The fraction of sp³-hybridized carbons (Fsp3) is 0.190. The lowest BCUT2D eigenvalue weighted by molar-refractivity contribution is 0.0603. The third-order valence-electron chi connectivity index (χ3n) is 4.21. The third kappa shape index (κ3) is 4.24. The predicted octanol–water partition coefficient (Wildman–Crippen LogP) is 5.45. The number of halogens is 1. The number of rotatable bonds is 6. The largest absolute Gasteiger partial charge is 0.465 e. The highest BCUT2D eigenvalue weighted by Crippen LogP contribution is 2.36. The number of anilines is 1. The summed E-state index contributed by atoms with van der Waals surface area (Å²) in [5.74, 6) is -0.948. The maximum absolute atomic E-state index is 12.6. The Morgan fingerprint density at radius 2 is 1.96 bits per heavy atom. The van der Waals surface area contributed by atoms with Crippen molar-refractivity contribution in [3.63, 3.8) is 0 Å². The lowest BCUT2D eigenvalue weighted by Crippen LogP contribution is -2.15. The van der Waals surface area contributed by atoms with Gasteiger partial charge in [-0.3, -0.25) is 4.79 Å². The van der Waals surface area contributed by atoms with E-state index in [1.807, 2.05) is 29.6 Å². The molecule has 0 atom stereocenters. The molecule has 0 spiro atoms. The predicted molar refractivity (Wildman–Crippen MR) is 112 cm³/mol. The summed E-state index contributed by atoms with van der Waals surface area (Å²) in [5, 5.41) is 5.10. The van der Waals surface area contributed by atoms with E-state index in [1.54, 1.807) is 12.1 Å². The molecular weight excluding hydrogens is 396 g/mol. The highest BCUT2D eigenvalue weighted by Gasteiger charge is 2.23. The van der Waals surface area contributed by atoms with Crippen molar-refractivity contribution in [2.24, 2.45) is 0 Å². The second-order valence-corrected chi connectivity index (χ2v) is 7.33. The number of aromatic nitrogens is 1. The number of esters is 1. The van der Waals surface area contributed by atoms with E-state index in [0.29, 0.717) is 16.1 Å². The van der Waals surface area contributed by atoms with E-state index in [2.05, 4.69) is 17.2 Å². The molecule has 0 aliphatic rings. The van der Waals surface area contributed by atoms with Gasteiger partial charge in [0.15, 0.2) is 0 Å². The van der Waals surface area contributed by atoms with Gasteiger partial charge in [-0.25, -0.2) is 9.78 Å². The summed E-state index contributed by atoms with van der Waals surface area (Å²) in [7, 11) is 1.32. The van der Waals surface area contributed by atoms with E-state index in [4.69, 9.17) is 16.3 Å². The molecule has 3 aromatic rings. The van der Waals surface area contributed by atoms with Crippen LogP contribution in [0.25, 0.3) is 11.1 Å². The van der Waals surface area contributed by atoms with E-state index in [1.165, 1.54) is 30.2 Å². The van der Waals surface area contributed by atoms with Gasteiger partial charge in [-0.2, -0.15) is 0 Å². The van der Waals surface area contributed by atoms with Crippen molar-refractivity contribution in [2.75, 3.05) is 12.4 Å². The topological polar surface area (TPSA) is 68.3 Å². The number of hydrogen-bond donors (Lipinski definition) is 1. The molecule has 0 saturated heterocycles. The minimum atomic E-state index is -0.513. The summed E-state index contributed by atoms with van der Waals surface area (Å²) in [6.07, 6.45) is 3.57. The standard InChI is InChI=1S/C21H19ClN2O3S/c1-3-5-13-7-9-14(10-8-13)16-12-28-20(17(16)21(26)27-2)24-19(25)15-6-4-11-23-18(15)22/h4,6-12H,3,5H2,1-2H3,(H,24,25). The second-order valence-electron chi connectivity index (χ2n) is 6.09. The van der Waals surface area contributed by atoms with E-state index in [0.717, 1.165) is 18.4 Å². The molecule has 0 aliphatic heterocycles. The first-order valence-corrected chi connectivity index (χ1v) is 10.0. The first-order valence-electron chi connectivity index (χ1n) is 8.76. The summed E-state index contributed by atoms with van der Waals surface area (Å²) in [4.78, 5) is 28.9. The van der Waals surface area contributed by atoms with Gasteiger partial charge in [0.1, 0.15) is 15.7 Å². The molecule has 0 radical (unpaired) electrons. The molecule has 1 aromatic carbocycles. The first kappa shape index (κ1) is 20.0. The van der Waals surface area contributed by atoms with E-state index < -0.39 is 11.9 Å². The summed E-state index contributed by atoms with van der Waals surface area (Å²) in [6.45, 7) is 2.13. The van der Waals surface area contributed by atoms with E-state index >= 15 is 0 Å². The quantitative estimate of drug-likeness (QED) is 0.430. The number of carbonyl (C=O) groups excluding carboxylic acids is 2. The molecule has 0 bridgehead atoms. The zero-order chi connectivity index (χ0) is 20.1. The lowest BCUT2D eigenvalue weighted by Gasteiger charge is -2.09. The van der Waals surface area contributed by atoms with Gasteiger partial charge in [0.2, 0.25) is 0 Å². The Morgan fingerprint density at radius 3 is 2.61 bits per heavy atom. The molecule has 0 unspecified atom stereocenters. The number of amides is 1. The minimum Gasteiger partial charge on any atom is -0.465 e. The maximum Gasteiger partial charge on any atom is 0.341 e. The average molecular weight is 415 g/mol. The number of hydrogen-bond acceptors (Lipinski definition) is 5. The normalized spacial score (nSPS) is 10.5. The Labute approximate surface area is 172 Å². The molecule has 2 heterocycles. The number of nitrogens with one attached hydrogen (secondary N) is 1. The van der Waals surface area contributed by atoms with Crippen LogP contribution in [0.2, 0.25) is 5.15 Å². The Bertz CT molecular complexity index is 999. The van der Waals surface area contributed by atoms with Gasteiger partial charge >= 0.3 is 5.97 Å². The van der Waals surface area contributed by atoms with Crippen molar-refractivity contribution in [3.05, 3.63) is 69.8 Å². The summed E-state index contributed by atoms with van der Waals surface area (Å²) in [6, 6.07) is 11.2. The van der Waals surface area contributed by atoms with Gasteiger partial charge in [0.25, 0.3) is 5.91 Å². The zero-order valence-corrected chi connectivity index (χ0v) is 17.1. The van der Waals surface area contributed by atoms with Crippen molar-refractivity contribution < 1.29 is 14.3 Å². The minimum absolute atomic E-state index is 0.0999. The molecule has 1 amide bonds. The van der Waals surface area contributed by atoms with Crippen LogP contribution in [0.5, 0.6) is 0 Å². The third-order valence-corrected chi connectivity index (χ3v) is 5.41. The lowest BCUT2D eigenvalue weighted by atomic mass is 10.0. The summed E-state index contributed by atoms with van der Waals surface area (Å²) < 4.78 is 4.95. The van der Waals surface area contributed by atoms with Gasteiger partial charge in [-0.1, -0.05) is 49.2 Å². The molecule has 144 valence electrons. The molecule has 1 N–H and O–H groups in total. The number of pyridine rings is 1. The number of benzene rings is 1. The van der Waals surface area contributed by atoms with Crippen molar-refractivity contribution in [1.29, 1.82) is 0 Å². The van der Waals surface area contributed by atoms with Gasteiger partial charge < -0.3 is 10.1 Å². The highest BCUT2D eigenvalue weighted by molar-refractivity contribution is 7.15. The molecule has 5 nitrogen and oxygen atoms in total.